The van der Waals surface area contributed by atoms with E-state index < -0.39 is 18.0 Å². The molecule has 0 saturated carbocycles. The topological polar surface area (TPSA) is 105 Å². The van der Waals surface area contributed by atoms with Crippen molar-refractivity contribution in [1.82, 2.24) is 9.80 Å². The first-order valence-corrected chi connectivity index (χ1v) is 9.07. The molecule has 24 heavy (non-hydrogen) atoms. The predicted octanol–water partition coefficient (Wildman–Crippen LogP) is 0.945. The van der Waals surface area contributed by atoms with Gasteiger partial charge in [0, 0.05) is 29.2 Å². The van der Waals surface area contributed by atoms with E-state index in [4.69, 9.17) is 5.41 Å². The SMILES string of the molecule is CC(=N)N1CCC(SC2=C(C(=O)O)N3C(=O)C(C(C)O)[C@H]3C2C)C1. The molecule has 2 saturated heterocycles. The highest BCUT2D eigenvalue weighted by Crippen LogP contribution is 2.51. The molecule has 0 bridgehead atoms. The van der Waals surface area contributed by atoms with Gasteiger partial charge < -0.3 is 20.0 Å². The quantitative estimate of drug-likeness (QED) is 0.395. The number of carbonyl (C=O) groups excluding carboxylic acids is 1. The van der Waals surface area contributed by atoms with E-state index in [9.17, 15) is 19.8 Å². The summed E-state index contributed by atoms with van der Waals surface area (Å²) in [5, 5.41) is 27.4. The second-order valence-corrected chi connectivity index (χ2v) is 8.17. The third kappa shape index (κ3) is 2.52. The van der Waals surface area contributed by atoms with Crippen molar-refractivity contribution in [1.29, 1.82) is 5.41 Å². The van der Waals surface area contributed by atoms with Gasteiger partial charge in [-0.2, -0.15) is 0 Å². The van der Waals surface area contributed by atoms with Crippen LogP contribution in [0.3, 0.4) is 0 Å². The monoisotopic (exact) mass is 353 g/mol. The molecule has 132 valence electrons. The van der Waals surface area contributed by atoms with Crippen molar-refractivity contribution in [2.24, 2.45) is 11.8 Å². The first-order valence-electron chi connectivity index (χ1n) is 8.19. The molecule has 3 aliphatic heterocycles. The van der Waals surface area contributed by atoms with Gasteiger partial charge in [0.1, 0.15) is 5.70 Å². The summed E-state index contributed by atoms with van der Waals surface area (Å²) in [6.45, 7) is 6.80. The molecule has 0 aromatic rings. The van der Waals surface area contributed by atoms with Gasteiger partial charge in [0.05, 0.1) is 23.9 Å². The Labute approximate surface area is 145 Å². The minimum Gasteiger partial charge on any atom is -0.477 e. The maximum atomic E-state index is 12.3. The Hall–Kier alpha value is -1.54. The lowest BCUT2D eigenvalue weighted by Crippen LogP contribution is -2.63. The number of rotatable bonds is 4. The number of aliphatic hydroxyl groups excluding tert-OH is 1. The minimum atomic E-state index is -1.08. The summed E-state index contributed by atoms with van der Waals surface area (Å²) in [5.41, 5.74) is 0.0874. The average Bonchev–Trinajstić information content (AvgIpc) is 3.03. The van der Waals surface area contributed by atoms with Crippen LogP contribution in [0.1, 0.15) is 27.2 Å². The smallest absolute Gasteiger partial charge is 0.353 e. The van der Waals surface area contributed by atoms with Crippen molar-refractivity contribution in [2.75, 3.05) is 13.1 Å². The summed E-state index contributed by atoms with van der Waals surface area (Å²) in [4.78, 5) is 28.1. The Bertz CT molecular complexity index is 633. The summed E-state index contributed by atoms with van der Waals surface area (Å²) >= 11 is 1.53. The number of hydrogen-bond donors (Lipinski definition) is 3. The Morgan fingerprint density at radius 1 is 1.46 bits per heavy atom. The van der Waals surface area contributed by atoms with Crippen LogP contribution >= 0.6 is 11.8 Å². The Morgan fingerprint density at radius 2 is 2.12 bits per heavy atom. The van der Waals surface area contributed by atoms with E-state index in [-0.39, 0.29) is 28.8 Å². The minimum absolute atomic E-state index is 0.0874. The summed E-state index contributed by atoms with van der Waals surface area (Å²) in [6, 6.07) is -0.256. The van der Waals surface area contributed by atoms with Crippen LogP contribution in [0.25, 0.3) is 0 Å². The molecule has 3 N–H and O–H groups in total. The largest absolute Gasteiger partial charge is 0.477 e. The molecular formula is C16H23N3O4S. The van der Waals surface area contributed by atoms with Crippen molar-refractivity contribution in [2.45, 2.75) is 44.6 Å². The van der Waals surface area contributed by atoms with E-state index in [1.165, 1.54) is 16.7 Å². The zero-order valence-electron chi connectivity index (χ0n) is 14.0. The standard InChI is InChI=1S/C16H23N3O4S/c1-7-12-11(8(2)20)15(21)19(12)13(16(22)23)14(7)24-10-4-5-18(6-10)9(3)17/h7-8,10-12,17,20H,4-6H2,1-3H3,(H,22,23)/t7?,8?,10?,11?,12-/m1/s1. The number of aliphatic hydroxyl groups is 1. The van der Waals surface area contributed by atoms with Crippen LogP contribution in [0.5, 0.6) is 0 Å². The number of amides is 1. The van der Waals surface area contributed by atoms with Crippen molar-refractivity contribution in [3.05, 3.63) is 10.6 Å². The zero-order chi connectivity index (χ0) is 17.8. The lowest BCUT2D eigenvalue weighted by atomic mass is 9.79. The van der Waals surface area contributed by atoms with Crippen LogP contribution in [0.4, 0.5) is 0 Å². The molecule has 0 aromatic carbocycles. The molecule has 8 heteroatoms. The molecule has 5 atom stereocenters. The van der Waals surface area contributed by atoms with Crippen molar-refractivity contribution in [3.8, 4) is 0 Å². The molecule has 3 aliphatic rings. The van der Waals surface area contributed by atoms with Crippen LogP contribution in [-0.2, 0) is 9.59 Å². The lowest BCUT2D eigenvalue weighted by molar-refractivity contribution is -0.163. The van der Waals surface area contributed by atoms with E-state index in [2.05, 4.69) is 0 Å². The summed E-state index contributed by atoms with van der Waals surface area (Å²) in [6.07, 6.45) is 0.116. The van der Waals surface area contributed by atoms with E-state index >= 15 is 0 Å². The number of thioether (sulfide) groups is 1. The van der Waals surface area contributed by atoms with Crippen molar-refractivity contribution >= 4 is 29.5 Å². The first-order chi connectivity index (χ1) is 11.2. The molecule has 2 fully saturated rings. The fourth-order valence-corrected chi connectivity index (χ4v) is 5.48. The molecule has 0 spiro atoms. The number of hydrogen-bond acceptors (Lipinski definition) is 5. The number of carbonyl (C=O) groups is 2. The number of fused-ring (bicyclic) bond motifs is 1. The third-order valence-electron chi connectivity index (χ3n) is 5.22. The van der Waals surface area contributed by atoms with Crippen LogP contribution in [0, 0.1) is 17.2 Å². The third-order valence-corrected chi connectivity index (χ3v) is 6.76. The van der Waals surface area contributed by atoms with Gasteiger partial charge in [-0.1, -0.05) is 6.92 Å². The van der Waals surface area contributed by atoms with Crippen molar-refractivity contribution in [3.63, 3.8) is 0 Å². The molecule has 3 rings (SSSR count). The van der Waals surface area contributed by atoms with E-state index in [0.717, 1.165) is 24.4 Å². The maximum absolute atomic E-state index is 12.3. The molecule has 3 heterocycles. The Kier molecular flexibility index (Phi) is 4.37. The molecule has 0 aliphatic carbocycles. The van der Waals surface area contributed by atoms with Crippen LogP contribution in [0.15, 0.2) is 10.6 Å². The van der Waals surface area contributed by atoms with E-state index in [1.807, 2.05) is 11.8 Å². The number of β-lactam (4-membered cyclic amide) rings is 1. The normalized spacial score (nSPS) is 33.6. The zero-order valence-corrected chi connectivity index (χ0v) is 14.8. The van der Waals surface area contributed by atoms with E-state index in [0.29, 0.717) is 5.84 Å². The van der Waals surface area contributed by atoms with Gasteiger partial charge in [0.2, 0.25) is 5.91 Å². The Balaban J connectivity index is 1.83. The van der Waals surface area contributed by atoms with Gasteiger partial charge in [0.15, 0.2) is 0 Å². The molecule has 4 unspecified atom stereocenters. The fraction of sp³-hybridized carbons (Fsp3) is 0.688. The predicted molar refractivity (Wildman–Crippen MR) is 90.6 cm³/mol. The maximum Gasteiger partial charge on any atom is 0.353 e. The fourth-order valence-electron chi connectivity index (χ4n) is 3.99. The number of likely N-dealkylation sites (tertiary alicyclic amines) is 1. The summed E-state index contributed by atoms with van der Waals surface area (Å²) in [5.74, 6) is -1.45. The summed E-state index contributed by atoms with van der Waals surface area (Å²) in [7, 11) is 0. The highest BCUT2D eigenvalue weighted by Gasteiger charge is 2.60. The highest BCUT2D eigenvalue weighted by molar-refractivity contribution is 8.03. The molecule has 1 amide bonds. The Morgan fingerprint density at radius 3 is 2.62 bits per heavy atom. The summed E-state index contributed by atoms with van der Waals surface area (Å²) < 4.78 is 0. The number of nitrogens with zero attached hydrogens (tertiary/aromatic N) is 2. The second kappa shape index (κ2) is 6.07. The highest BCUT2D eigenvalue weighted by atomic mass is 32.2. The average molecular weight is 353 g/mol. The van der Waals surface area contributed by atoms with Gasteiger partial charge >= 0.3 is 5.97 Å². The number of nitrogens with one attached hydrogen (secondary N) is 1. The number of carboxylic acids is 1. The van der Waals surface area contributed by atoms with Crippen LogP contribution in [0.2, 0.25) is 0 Å². The first kappa shape index (κ1) is 17.3. The lowest BCUT2D eigenvalue weighted by Gasteiger charge is -2.46. The van der Waals surface area contributed by atoms with Crippen LogP contribution in [-0.4, -0.2) is 68.2 Å². The van der Waals surface area contributed by atoms with Gasteiger partial charge in [-0.3, -0.25) is 10.2 Å². The number of carboxylic acid groups (broad SMARTS) is 1. The number of amidine groups is 1. The second-order valence-electron chi connectivity index (χ2n) is 6.83. The van der Waals surface area contributed by atoms with Gasteiger partial charge in [-0.25, -0.2) is 4.79 Å². The number of aliphatic carboxylic acids is 1. The molecule has 0 aromatic heterocycles. The molecule has 7 nitrogen and oxygen atoms in total. The van der Waals surface area contributed by atoms with Gasteiger partial charge in [-0.05, 0) is 20.3 Å². The van der Waals surface area contributed by atoms with Gasteiger partial charge in [0.25, 0.3) is 0 Å². The molecular weight excluding hydrogens is 330 g/mol. The van der Waals surface area contributed by atoms with Gasteiger partial charge in [-0.15, -0.1) is 11.8 Å². The van der Waals surface area contributed by atoms with Crippen LogP contribution < -0.4 is 0 Å². The van der Waals surface area contributed by atoms with Crippen molar-refractivity contribution < 1.29 is 19.8 Å². The van der Waals surface area contributed by atoms with E-state index in [1.54, 1.807) is 13.8 Å². The molecule has 0 radical (unpaired) electrons.